The fourth-order valence-corrected chi connectivity index (χ4v) is 5.70. The summed E-state index contributed by atoms with van der Waals surface area (Å²) in [6, 6.07) is 11.3. The average Bonchev–Trinajstić information content (AvgIpc) is 2.97. The Morgan fingerprint density at radius 1 is 0.964 bits per heavy atom. The molecular formula is C24H37N3O. The molecule has 3 fully saturated rings. The molecule has 4 nitrogen and oxygen atoms in total. The molecular weight excluding hydrogens is 346 g/mol. The standard InChI is InChI=1S/C24H37N3O/c28-24(20-10-5-2-6-11-20)26-21-16-22-12-13-23(17-21)27(22)15-7-14-25-18-19-8-3-1-4-9-19/h2,5-6,10-11,19,21-23,25H,1,3-4,7-9,12-18H2,(H,26,28). The first-order valence-corrected chi connectivity index (χ1v) is 11.6. The predicted molar refractivity (Wildman–Crippen MR) is 115 cm³/mol. The molecule has 1 amide bonds. The molecule has 2 saturated heterocycles. The highest BCUT2D eigenvalue weighted by Crippen LogP contribution is 2.35. The SMILES string of the molecule is O=C(NC1CC2CCC(C1)N2CCCNCC1CCCCC1)c1ccccc1. The molecule has 2 heterocycles. The first-order valence-electron chi connectivity index (χ1n) is 11.6. The van der Waals surface area contributed by atoms with Gasteiger partial charge in [0.15, 0.2) is 0 Å². The molecule has 1 aromatic carbocycles. The van der Waals surface area contributed by atoms with E-state index in [0.717, 1.165) is 30.9 Å². The molecule has 2 unspecified atom stereocenters. The summed E-state index contributed by atoms with van der Waals surface area (Å²) in [7, 11) is 0. The van der Waals surface area contributed by atoms with Crippen molar-refractivity contribution in [3.8, 4) is 0 Å². The lowest BCUT2D eigenvalue weighted by atomic mass is 9.89. The highest BCUT2D eigenvalue weighted by molar-refractivity contribution is 5.94. The van der Waals surface area contributed by atoms with E-state index in [1.165, 1.54) is 64.5 Å². The molecule has 2 N–H and O–H groups in total. The molecule has 0 aromatic heterocycles. The van der Waals surface area contributed by atoms with E-state index in [9.17, 15) is 4.79 Å². The van der Waals surface area contributed by atoms with Gasteiger partial charge < -0.3 is 10.6 Å². The van der Waals surface area contributed by atoms with Crippen molar-refractivity contribution >= 4 is 5.91 Å². The third-order valence-corrected chi connectivity index (χ3v) is 7.18. The van der Waals surface area contributed by atoms with Crippen molar-refractivity contribution in [3.63, 3.8) is 0 Å². The summed E-state index contributed by atoms with van der Waals surface area (Å²) >= 11 is 0. The maximum absolute atomic E-state index is 12.5. The van der Waals surface area contributed by atoms with Crippen LogP contribution in [0.25, 0.3) is 0 Å². The van der Waals surface area contributed by atoms with Gasteiger partial charge >= 0.3 is 0 Å². The number of benzene rings is 1. The van der Waals surface area contributed by atoms with Crippen LogP contribution in [0.2, 0.25) is 0 Å². The first kappa shape index (κ1) is 19.9. The van der Waals surface area contributed by atoms with Gasteiger partial charge in [-0.3, -0.25) is 9.69 Å². The normalized spacial score (nSPS) is 28.4. The van der Waals surface area contributed by atoms with Gasteiger partial charge in [-0.1, -0.05) is 37.5 Å². The van der Waals surface area contributed by atoms with E-state index in [-0.39, 0.29) is 5.91 Å². The number of carbonyl (C=O) groups excluding carboxylic acids is 1. The minimum absolute atomic E-state index is 0.0883. The second-order valence-corrected chi connectivity index (χ2v) is 9.19. The Balaban J connectivity index is 1.16. The van der Waals surface area contributed by atoms with E-state index < -0.39 is 0 Å². The lowest BCUT2D eigenvalue weighted by Gasteiger charge is -2.39. The molecule has 4 rings (SSSR count). The average molecular weight is 384 g/mol. The summed E-state index contributed by atoms with van der Waals surface area (Å²) < 4.78 is 0. The van der Waals surface area contributed by atoms with Gasteiger partial charge in [0.2, 0.25) is 0 Å². The van der Waals surface area contributed by atoms with Crippen LogP contribution in [0.5, 0.6) is 0 Å². The van der Waals surface area contributed by atoms with Crippen LogP contribution in [0.15, 0.2) is 30.3 Å². The fraction of sp³-hybridized carbons (Fsp3) is 0.708. The van der Waals surface area contributed by atoms with Gasteiger partial charge in [-0.05, 0) is 82.6 Å². The molecule has 3 aliphatic rings. The summed E-state index contributed by atoms with van der Waals surface area (Å²) in [5.41, 5.74) is 0.779. The summed E-state index contributed by atoms with van der Waals surface area (Å²) in [4.78, 5) is 15.2. The Morgan fingerprint density at radius 2 is 1.68 bits per heavy atom. The molecule has 0 radical (unpaired) electrons. The minimum atomic E-state index is 0.0883. The zero-order valence-electron chi connectivity index (χ0n) is 17.2. The maximum atomic E-state index is 12.5. The van der Waals surface area contributed by atoms with Gasteiger partial charge in [0.1, 0.15) is 0 Å². The van der Waals surface area contributed by atoms with Crippen molar-refractivity contribution in [3.05, 3.63) is 35.9 Å². The lowest BCUT2D eigenvalue weighted by molar-refractivity contribution is 0.0843. The van der Waals surface area contributed by atoms with Crippen LogP contribution in [0.1, 0.15) is 74.6 Å². The zero-order valence-corrected chi connectivity index (χ0v) is 17.2. The number of nitrogens with one attached hydrogen (secondary N) is 2. The molecule has 1 aliphatic carbocycles. The van der Waals surface area contributed by atoms with Crippen molar-refractivity contribution in [1.82, 2.24) is 15.5 Å². The van der Waals surface area contributed by atoms with Gasteiger partial charge in [0.25, 0.3) is 5.91 Å². The lowest BCUT2D eigenvalue weighted by Crippen LogP contribution is -2.50. The number of fused-ring (bicyclic) bond motifs is 2. The van der Waals surface area contributed by atoms with Crippen molar-refractivity contribution in [1.29, 1.82) is 0 Å². The number of hydrogen-bond acceptors (Lipinski definition) is 3. The number of carbonyl (C=O) groups is 1. The highest BCUT2D eigenvalue weighted by atomic mass is 16.1. The van der Waals surface area contributed by atoms with Crippen molar-refractivity contribution in [2.75, 3.05) is 19.6 Å². The molecule has 4 heteroatoms. The Morgan fingerprint density at radius 3 is 2.39 bits per heavy atom. The Bertz CT molecular complexity index is 600. The fourth-order valence-electron chi connectivity index (χ4n) is 5.70. The van der Waals surface area contributed by atoms with Crippen molar-refractivity contribution in [2.24, 2.45) is 5.92 Å². The number of hydrogen-bond donors (Lipinski definition) is 2. The Labute approximate surface area is 170 Å². The van der Waals surface area contributed by atoms with Gasteiger partial charge in [0, 0.05) is 23.7 Å². The van der Waals surface area contributed by atoms with Crippen LogP contribution >= 0.6 is 0 Å². The van der Waals surface area contributed by atoms with Gasteiger partial charge in [0.05, 0.1) is 0 Å². The zero-order chi connectivity index (χ0) is 19.2. The van der Waals surface area contributed by atoms with Crippen molar-refractivity contribution < 1.29 is 4.79 Å². The quantitative estimate of drug-likeness (QED) is 0.668. The number of rotatable bonds is 8. The van der Waals surface area contributed by atoms with E-state index in [4.69, 9.17) is 0 Å². The van der Waals surface area contributed by atoms with E-state index in [2.05, 4.69) is 15.5 Å². The van der Waals surface area contributed by atoms with Gasteiger partial charge in [-0.2, -0.15) is 0 Å². The van der Waals surface area contributed by atoms with Crippen LogP contribution in [-0.4, -0.2) is 48.6 Å². The Hall–Kier alpha value is -1.39. The first-order chi connectivity index (χ1) is 13.8. The van der Waals surface area contributed by atoms with Crippen LogP contribution < -0.4 is 10.6 Å². The van der Waals surface area contributed by atoms with Gasteiger partial charge in [-0.25, -0.2) is 0 Å². The van der Waals surface area contributed by atoms with E-state index in [1.807, 2.05) is 30.3 Å². The largest absolute Gasteiger partial charge is 0.349 e. The van der Waals surface area contributed by atoms with Gasteiger partial charge in [-0.15, -0.1) is 0 Å². The third-order valence-electron chi connectivity index (χ3n) is 7.18. The topological polar surface area (TPSA) is 44.4 Å². The molecule has 2 atom stereocenters. The monoisotopic (exact) mass is 383 g/mol. The number of piperidine rings is 1. The van der Waals surface area contributed by atoms with E-state index >= 15 is 0 Å². The molecule has 1 aromatic rings. The summed E-state index contributed by atoms with van der Waals surface area (Å²) in [5, 5.41) is 7.01. The maximum Gasteiger partial charge on any atom is 0.251 e. The minimum Gasteiger partial charge on any atom is -0.349 e. The van der Waals surface area contributed by atoms with Crippen LogP contribution in [0, 0.1) is 5.92 Å². The molecule has 0 spiro atoms. The number of amides is 1. The smallest absolute Gasteiger partial charge is 0.251 e. The summed E-state index contributed by atoms with van der Waals surface area (Å²) in [6.07, 6.45) is 13.3. The second-order valence-electron chi connectivity index (χ2n) is 9.19. The Kier molecular flexibility index (Phi) is 7.03. The van der Waals surface area contributed by atoms with Crippen LogP contribution in [0.3, 0.4) is 0 Å². The molecule has 1 saturated carbocycles. The van der Waals surface area contributed by atoms with E-state index in [1.54, 1.807) is 0 Å². The molecule has 154 valence electrons. The van der Waals surface area contributed by atoms with Crippen LogP contribution in [0.4, 0.5) is 0 Å². The van der Waals surface area contributed by atoms with Crippen LogP contribution in [-0.2, 0) is 0 Å². The summed E-state index contributed by atoms with van der Waals surface area (Å²) in [6.45, 7) is 3.59. The van der Waals surface area contributed by atoms with E-state index in [0.29, 0.717) is 18.1 Å². The number of nitrogens with zero attached hydrogens (tertiary/aromatic N) is 1. The summed E-state index contributed by atoms with van der Waals surface area (Å²) in [5.74, 6) is 1.01. The predicted octanol–water partition coefficient (Wildman–Crippen LogP) is 3.97. The second kappa shape index (κ2) is 9.89. The molecule has 2 bridgehead atoms. The van der Waals surface area contributed by atoms with Crippen molar-refractivity contribution in [2.45, 2.75) is 82.3 Å². The highest BCUT2D eigenvalue weighted by Gasteiger charge is 2.40. The molecule has 28 heavy (non-hydrogen) atoms. The molecule has 2 aliphatic heterocycles. The third kappa shape index (κ3) is 5.15.